The molecule has 0 bridgehead atoms. The first-order valence-corrected chi connectivity index (χ1v) is 4.33. The molecule has 0 spiro atoms. The van der Waals surface area contributed by atoms with Crippen LogP contribution >= 0.6 is 0 Å². The largest absolute Gasteiger partial charge is 0.542 e. The van der Waals surface area contributed by atoms with E-state index in [1.54, 1.807) is 0 Å². The average molecular weight is 169 g/mol. The van der Waals surface area contributed by atoms with Crippen molar-refractivity contribution in [2.45, 2.75) is 38.0 Å². The normalized spacial score (nSPS) is 19.7. The van der Waals surface area contributed by atoms with Crippen molar-refractivity contribution in [3.63, 3.8) is 0 Å². The van der Waals surface area contributed by atoms with Crippen LogP contribution in [0.4, 0.5) is 0 Å². The maximum atomic E-state index is 10.5. The van der Waals surface area contributed by atoms with Crippen molar-refractivity contribution in [1.29, 1.82) is 0 Å². The highest BCUT2D eigenvalue weighted by molar-refractivity contribution is 4.88. The Kier molecular flexibility index (Phi) is 1.98. The lowest BCUT2D eigenvalue weighted by atomic mass is 9.89. The molecule has 1 aliphatic rings. The third-order valence-electron chi connectivity index (χ3n) is 2.35. The fourth-order valence-electron chi connectivity index (χ4n) is 1.71. The molecule has 1 aromatic rings. The zero-order chi connectivity index (χ0) is 8.39. The van der Waals surface area contributed by atoms with Gasteiger partial charge in [-0.25, -0.2) is 4.79 Å². The topological polar surface area (TPSA) is 56.2 Å². The Bertz CT molecular complexity index is 295. The molecular weight excluding hydrogens is 158 g/mol. The van der Waals surface area contributed by atoms with Crippen molar-refractivity contribution < 1.29 is 8.94 Å². The van der Waals surface area contributed by atoms with Crippen molar-refractivity contribution in [2.75, 3.05) is 0 Å². The molecule has 0 amide bonds. The van der Waals surface area contributed by atoms with Gasteiger partial charge in [-0.15, -0.1) is 0 Å². The Balaban J connectivity index is 2.13. The number of nitrogens with zero attached hydrogens (tertiary/aromatic N) is 1. The molecule has 2 rings (SSSR count). The van der Waals surface area contributed by atoms with Crippen LogP contribution in [0.15, 0.2) is 13.7 Å². The van der Waals surface area contributed by atoms with Gasteiger partial charge in [0.1, 0.15) is 0 Å². The smallest absolute Gasteiger partial charge is 0.375 e. The molecule has 4 nitrogen and oxygen atoms in total. The van der Waals surface area contributed by atoms with E-state index in [1.807, 2.05) is 0 Å². The van der Waals surface area contributed by atoms with E-state index in [9.17, 15) is 4.79 Å². The van der Waals surface area contributed by atoms with Crippen LogP contribution < -0.4 is 5.82 Å². The van der Waals surface area contributed by atoms with Crippen LogP contribution in [0.5, 0.6) is 0 Å². The molecule has 0 aromatic carbocycles. The van der Waals surface area contributed by atoms with Gasteiger partial charge in [0.25, 0.3) is 0 Å². The molecule has 12 heavy (non-hydrogen) atoms. The van der Waals surface area contributed by atoms with Gasteiger partial charge in [-0.05, 0) is 18.0 Å². The van der Waals surface area contributed by atoms with Gasteiger partial charge in [0, 0.05) is 5.92 Å². The van der Waals surface area contributed by atoms with Crippen LogP contribution in [0.3, 0.4) is 0 Å². The van der Waals surface area contributed by atoms with E-state index in [2.05, 4.69) is 9.68 Å². The Labute approximate surface area is 69.5 Å². The Morgan fingerprint density at radius 2 is 2.00 bits per heavy atom. The summed E-state index contributed by atoms with van der Waals surface area (Å²) in [5.41, 5.74) is 0. The van der Waals surface area contributed by atoms with Gasteiger partial charge in [0.15, 0.2) is 0 Å². The van der Waals surface area contributed by atoms with Crippen molar-refractivity contribution in [3.05, 3.63) is 16.5 Å². The van der Waals surface area contributed by atoms with Crippen LogP contribution in [-0.4, -0.2) is 5.16 Å². The lowest BCUT2D eigenvalue weighted by Crippen LogP contribution is -2.04. The lowest BCUT2D eigenvalue weighted by molar-refractivity contribution is 0.328. The Morgan fingerprint density at radius 1 is 1.25 bits per heavy atom. The van der Waals surface area contributed by atoms with Crippen LogP contribution in [0.1, 0.15) is 43.9 Å². The summed E-state index contributed by atoms with van der Waals surface area (Å²) in [7, 11) is 0. The van der Waals surface area contributed by atoms with Gasteiger partial charge >= 0.3 is 5.82 Å². The third kappa shape index (κ3) is 1.42. The Morgan fingerprint density at radius 3 is 2.58 bits per heavy atom. The average Bonchev–Trinajstić information content (AvgIpc) is 2.54. The first-order chi connectivity index (χ1) is 5.86. The minimum Gasteiger partial charge on any atom is -0.375 e. The van der Waals surface area contributed by atoms with E-state index >= 15 is 0 Å². The highest BCUT2D eigenvalue weighted by Crippen LogP contribution is 2.30. The second kappa shape index (κ2) is 3.13. The number of rotatable bonds is 1. The van der Waals surface area contributed by atoms with Crippen molar-refractivity contribution in [3.8, 4) is 0 Å². The lowest BCUT2D eigenvalue weighted by Gasteiger charge is -2.16. The van der Waals surface area contributed by atoms with E-state index in [-0.39, 0.29) is 0 Å². The summed E-state index contributed by atoms with van der Waals surface area (Å²) in [5.74, 6) is 0.112. The van der Waals surface area contributed by atoms with E-state index in [4.69, 9.17) is 4.42 Å². The van der Waals surface area contributed by atoms with E-state index < -0.39 is 5.82 Å². The quantitative estimate of drug-likeness (QED) is 0.641. The SMILES string of the molecule is O=c1onc(C2CCCCC2)o1. The predicted molar refractivity (Wildman–Crippen MR) is 40.9 cm³/mol. The maximum absolute atomic E-state index is 10.5. The fraction of sp³-hybridized carbons (Fsp3) is 0.750. The zero-order valence-electron chi connectivity index (χ0n) is 6.78. The minimum atomic E-state index is -0.685. The first kappa shape index (κ1) is 7.58. The molecular formula is C8H11NO3. The summed E-state index contributed by atoms with van der Waals surface area (Å²) in [5, 5.41) is 3.59. The Hall–Kier alpha value is -1.06. The summed E-state index contributed by atoms with van der Waals surface area (Å²) in [6, 6.07) is 0. The number of hydrogen-bond donors (Lipinski definition) is 0. The van der Waals surface area contributed by atoms with Crippen molar-refractivity contribution in [1.82, 2.24) is 5.16 Å². The molecule has 0 saturated heterocycles. The van der Waals surface area contributed by atoms with Crippen molar-refractivity contribution in [2.24, 2.45) is 0 Å². The molecule has 0 radical (unpaired) electrons. The molecule has 4 heteroatoms. The molecule has 1 saturated carbocycles. The molecule has 0 atom stereocenters. The molecule has 1 aromatic heterocycles. The first-order valence-electron chi connectivity index (χ1n) is 4.33. The monoisotopic (exact) mass is 169 g/mol. The molecule has 1 fully saturated rings. The predicted octanol–water partition coefficient (Wildman–Crippen LogP) is 1.68. The number of hydrogen-bond acceptors (Lipinski definition) is 4. The molecule has 0 N–H and O–H groups in total. The van der Waals surface area contributed by atoms with Crippen molar-refractivity contribution >= 4 is 0 Å². The third-order valence-corrected chi connectivity index (χ3v) is 2.35. The zero-order valence-corrected chi connectivity index (χ0v) is 6.78. The van der Waals surface area contributed by atoms with Crippen LogP contribution in [0.25, 0.3) is 0 Å². The van der Waals surface area contributed by atoms with Gasteiger partial charge in [0.2, 0.25) is 5.89 Å². The van der Waals surface area contributed by atoms with Gasteiger partial charge in [-0.3, -0.25) is 4.52 Å². The highest BCUT2D eigenvalue weighted by Gasteiger charge is 2.20. The molecule has 0 aliphatic heterocycles. The minimum absolute atomic E-state index is 0.310. The summed E-state index contributed by atoms with van der Waals surface area (Å²) >= 11 is 0. The summed E-state index contributed by atoms with van der Waals surface area (Å²) in [6.07, 6.45) is 5.80. The highest BCUT2D eigenvalue weighted by atomic mass is 16.6. The molecule has 66 valence electrons. The van der Waals surface area contributed by atoms with E-state index in [0.717, 1.165) is 12.8 Å². The number of aromatic nitrogens is 1. The van der Waals surface area contributed by atoms with Gasteiger partial charge in [-0.2, -0.15) is 0 Å². The van der Waals surface area contributed by atoms with Gasteiger partial charge in [-0.1, -0.05) is 19.3 Å². The summed E-state index contributed by atoms with van der Waals surface area (Å²) in [4.78, 5) is 10.5. The molecule has 0 unspecified atom stereocenters. The molecule has 1 heterocycles. The summed E-state index contributed by atoms with van der Waals surface area (Å²) < 4.78 is 9.14. The van der Waals surface area contributed by atoms with Crippen LogP contribution in [0.2, 0.25) is 0 Å². The second-order valence-corrected chi connectivity index (χ2v) is 3.21. The van der Waals surface area contributed by atoms with Gasteiger partial charge in [0.05, 0.1) is 0 Å². The maximum Gasteiger partial charge on any atom is 0.542 e. The standard InChI is InChI=1S/C8H11NO3/c10-8-11-7(9-12-8)6-4-2-1-3-5-6/h6H,1-5H2. The second-order valence-electron chi connectivity index (χ2n) is 3.21. The van der Waals surface area contributed by atoms with Gasteiger partial charge < -0.3 is 4.42 Å². The van der Waals surface area contributed by atoms with Crippen LogP contribution in [-0.2, 0) is 0 Å². The van der Waals surface area contributed by atoms with E-state index in [1.165, 1.54) is 19.3 Å². The fourth-order valence-corrected chi connectivity index (χ4v) is 1.71. The van der Waals surface area contributed by atoms with Crippen LogP contribution in [0, 0.1) is 0 Å². The molecule has 1 aliphatic carbocycles. The van der Waals surface area contributed by atoms with E-state index in [0.29, 0.717) is 11.8 Å². The summed E-state index contributed by atoms with van der Waals surface area (Å²) in [6.45, 7) is 0.